The van der Waals surface area contributed by atoms with E-state index in [1.54, 1.807) is 0 Å². The summed E-state index contributed by atoms with van der Waals surface area (Å²) in [6.45, 7) is -3.47. The predicted octanol–water partition coefficient (Wildman–Crippen LogP) is -14.0. The number of aliphatic hydroxyl groups is 15. The Morgan fingerprint density at radius 2 is 0.679 bits per heavy atom. The molecule has 40 nitrogen and oxygen atoms in total. The van der Waals surface area contributed by atoms with Crippen LogP contribution in [0.2, 0.25) is 0 Å². The monoisotopic (exact) mass is 1270 g/mol. The molecule has 0 saturated carbocycles. The molecule has 0 bridgehead atoms. The standard InChI is InChI=1S/C42H71N3O37S2/c1-10(51)43-19-26(58)31(77-41-29(61)35(81-83(64,65)66)23(55)14(5-47)73-41)16(7-49)75-38(19)70-9-18-25(57)33(21(37(63)71-18)45-12(3)53)79-40-28(60)34(22(54)13(4-46)72-40)80-39-20(44-11(2)52)27(59)32(17(8-50)76-39)78-42-30(62)36(82-84(67,68)69)24(56)15(6-48)74-42/h13-42,46-50,54-63H,4-9H2,1-3H3,(H,43,51)(H,44,52)(H,45,53)(H,64,65,66)(H,67,68,69)/t13-,14-,15-,16-,17-,18-,19-,20-,21-,22+,23+,24+,25+,26-,27-,28-,29-,30-,31-,32-,33-,34+,35+,36+,37+,38-,39+,40+,41+,42+/m1/s1. The van der Waals surface area contributed by atoms with Crippen LogP contribution < -0.4 is 16.0 Å². The molecule has 0 unspecified atom stereocenters. The first-order valence-electron chi connectivity index (χ1n) is 25.4. The van der Waals surface area contributed by atoms with Crippen molar-refractivity contribution in [3.63, 3.8) is 0 Å². The Morgan fingerprint density at radius 3 is 1.06 bits per heavy atom. The summed E-state index contributed by atoms with van der Waals surface area (Å²) in [4.78, 5) is 37.5. The SMILES string of the molecule is CC(=O)N[C@@H]1[C@@H](O[C@@H]2O[C@H](CO)[C@H](O)[C@H](O[C@@H]3O[C@H](CO)[C@@H](O[C@@H]4O[C@H](CO)[C@H](O)[C@H](OS(=O)(=O)O)[C@H]4O)[C@H](O)[C@H]3NC(C)=O)[C@H]2O)[C@@H](O)[C@@H](CO[C@@H]2O[C@H](CO)[C@@H](O[C@@H]3O[C@H](CO)[C@H](O)[C@H](OS(=O)(=O)O)[C@H]3O)[C@H](O)[C@H]2NC(C)=O)O[C@@H]1O. The Labute approximate surface area is 475 Å². The van der Waals surface area contributed by atoms with Crippen LogP contribution in [0.4, 0.5) is 0 Å². The van der Waals surface area contributed by atoms with Gasteiger partial charge in [-0.15, -0.1) is 0 Å². The summed E-state index contributed by atoms with van der Waals surface area (Å²) < 4.78 is 136. The Morgan fingerprint density at radius 1 is 0.369 bits per heavy atom. The van der Waals surface area contributed by atoms with Gasteiger partial charge in [0.05, 0.1) is 39.6 Å². The van der Waals surface area contributed by atoms with Gasteiger partial charge in [0.1, 0.15) is 146 Å². The minimum atomic E-state index is -5.40. The Balaban J connectivity index is 1.21. The number of amides is 3. The molecule has 42 heteroatoms. The fourth-order valence-electron chi connectivity index (χ4n) is 10.1. The zero-order valence-electron chi connectivity index (χ0n) is 44.1. The number of carbonyl (C=O) groups is 3. The summed E-state index contributed by atoms with van der Waals surface area (Å²) in [6, 6.07) is -5.43. The summed E-state index contributed by atoms with van der Waals surface area (Å²) in [6.07, 6.45) is -55.5. The first kappa shape index (κ1) is 70.2. The maximum absolute atomic E-state index is 12.6. The van der Waals surface area contributed by atoms with Crippen molar-refractivity contribution in [2.75, 3.05) is 39.6 Å². The molecule has 0 aliphatic carbocycles. The van der Waals surface area contributed by atoms with Crippen molar-refractivity contribution in [3.05, 3.63) is 0 Å². The van der Waals surface area contributed by atoms with E-state index in [1.165, 1.54) is 0 Å². The number of ether oxygens (including phenoxy) is 11. The second-order valence-electron chi connectivity index (χ2n) is 20.0. The maximum Gasteiger partial charge on any atom is 0.397 e. The van der Waals surface area contributed by atoms with Crippen LogP contribution in [-0.2, 0) is 95.7 Å². The number of carbonyl (C=O) groups excluding carboxylic acids is 3. The Kier molecular flexibility index (Phi) is 24.8. The molecule has 30 atom stereocenters. The normalized spacial score (nSPS) is 45.1. The topological polar surface area (TPSA) is 619 Å². The van der Waals surface area contributed by atoms with Gasteiger partial charge < -0.3 is 145 Å². The molecule has 0 aromatic carbocycles. The van der Waals surface area contributed by atoms with Gasteiger partial charge in [0, 0.05) is 20.8 Å². The highest BCUT2D eigenvalue weighted by Crippen LogP contribution is 2.37. The predicted molar refractivity (Wildman–Crippen MR) is 255 cm³/mol. The van der Waals surface area contributed by atoms with Crippen molar-refractivity contribution >= 4 is 38.5 Å². The minimum absolute atomic E-state index is 0.868. The summed E-state index contributed by atoms with van der Waals surface area (Å²) in [5.74, 6) is -2.67. The molecule has 0 aromatic heterocycles. The lowest BCUT2D eigenvalue weighted by molar-refractivity contribution is -0.376. The Hall–Kier alpha value is -2.89. The van der Waals surface area contributed by atoms with Gasteiger partial charge in [-0.3, -0.25) is 23.5 Å². The zero-order valence-corrected chi connectivity index (χ0v) is 45.8. The van der Waals surface area contributed by atoms with Crippen LogP contribution in [0.25, 0.3) is 0 Å². The molecule has 6 heterocycles. The molecular formula is C42H71N3O37S2. The molecule has 84 heavy (non-hydrogen) atoms. The lowest BCUT2D eigenvalue weighted by Crippen LogP contribution is -2.70. The van der Waals surface area contributed by atoms with Gasteiger partial charge in [-0.2, -0.15) is 16.8 Å². The van der Waals surface area contributed by atoms with E-state index in [4.69, 9.17) is 52.1 Å². The third kappa shape index (κ3) is 16.7. The number of hydrogen-bond donors (Lipinski definition) is 20. The fourth-order valence-corrected chi connectivity index (χ4v) is 11.1. The van der Waals surface area contributed by atoms with Crippen molar-refractivity contribution in [3.8, 4) is 0 Å². The van der Waals surface area contributed by atoms with Gasteiger partial charge in [0.25, 0.3) is 0 Å². The van der Waals surface area contributed by atoms with E-state index < -0.39 is 262 Å². The average Bonchev–Trinajstić information content (AvgIpc) is 1.94. The van der Waals surface area contributed by atoms with Gasteiger partial charge in [-0.1, -0.05) is 0 Å². The van der Waals surface area contributed by atoms with Crippen LogP contribution in [0.5, 0.6) is 0 Å². The van der Waals surface area contributed by atoms with Crippen molar-refractivity contribution in [2.45, 2.75) is 205 Å². The van der Waals surface area contributed by atoms with Crippen LogP contribution in [0, 0.1) is 0 Å². The quantitative estimate of drug-likeness (QED) is 0.0422. The molecule has 3 amide bonds. The molecule has 6 fully saturated rings. The van der Waals surface area contributed by atoms with Crippen LogP contribution in [0.1, 0.15) is 20.8 Å². The van der Waals surface area contributed by atoms with Crippen LogP contribution >= 0.6 is 0 Å². The van der Waals surface area contributed by atoms with Gasteiger partial charge >= 0.3 is 20.8 Å². The number of aliphatic hydroxyl groups excluding tert-OH is 15. The first-order chi connectivity index (χ1) is 39.3. The molecule has 6 saturated heterocycles. The smallest absolute Gasteiger partial charge is 0.394 e. The molecule has 6 rings (SSSR count). The van der Waals surface area contributed by atoms with Gasteiger partial charge in [-0.05, 0) is 0 Å². The third-order valence-corrected chi connectivity index (χ3v) is 15.0. The van der Waals surface area contributed by atoms with E-state index in [0.29, 0.717) is 0 Å². The molecule has 488 valence electrons. The van der Waals surface area contributed by atoms with Gasteiger partial charge in [0.2, 0.25) is 17.7 Å². The first-order valence-corrected chi connectivity index (χ1v) is 28.1. The van der Waals surface area contributed by atoms with Crippen LogP contribution in [0.3, 0.4) is 0 Å². The van der Waals surface area contributed by atoms with Crippen LogP contribution in [-0.4, -0.2) is 344 Å². The molecule has 0 spiro atoms. The number of hydrogen-bond acceptors (Lipinski definition) is 35. The maximum atomic E-state index is 12.6. The number of rotatable bonds is 23. The van der Waals surface area contributed by atoms with Gasteiger partial charge in [-0.25, -0.2) is 8.37 Å². The minimum Gasteiger partial charge on any atom is -0.394 e. The zero-order chi connectivity index (χ0) is 62.6. The molecule has 6 aliphatic rings. The summed E-state index contributed by atoms with van der Waals surface area (Å²) >= 11 is 0. The van der Waals surface area contributed by atoms with Crippen molar-refractivity contribution in [1.82, 2.24) is 16.0 Å². The van der Waals surface area contributed by atoms with Crippen molar-refractivity contribution in [1.29, 1.82) is 0 Å². The van der Waals surface area contributed by atoms with E-state index in [2.05, 4.69) is 24.3 Å². The largest absolute Gasteiger partial charge is 0.397 e. The highest BCUT2D eigenvalue weighted by atomic mass is 32.3. The highest BCUT2D eigenvalue weighted by molar-refractivity contribution is 7.81. The summed E-state index contributed by atoms with van der Waals surface area (Å²) in [7, 11) is -10.8. The molecular weight excluding hydrogens is 1200 g/mol. The molecule has 0 aromatic rings. The molecule has 6 aliphatic heterocycles. The van der Waals surface area contributed by atoms with E-state index >= 15 is 0 Å². The fraction of sp³-hybridized carbons (Fsp3) is 0.929. The third-order valence-electron chi connectivity index (χ3n) is 14.0. The number of nitrogens with one attached hydrogen (secondary N) is 3. The Bertz CT molecular complexity index is 2390. The average molecular weight is 1270 g/mol. The lowest BCUT2D eigenvalue weighted by Gasteiger charge is -2.50. The van der Waals surface area contributed by atoms with Crippen molar-refractivity contribution < 1.29 is 177 Å². The van der Waals surface area contributed by atoms with E-state index in [0.717, 1.165) is 20.8 Å². The second kappa shape index (κ2) is 29.6. The summed E-state index contributed by atoms with van der Waals surface area (Å²) in [5.41, 5.74) is 0. The molecule has 20 N–H and O–H groups in total. The van der Waals surface area contributed by atoms with E-state index in [-0.39, 0.29) is 0 Å². The van der Waals surface area contributed by atoms with Crippen LogP contribution in [0.15, 0.2) is 0 Å². The second-order valence-corrected chi connectivity index (χ2v) is 22.1. The molecule has 0 radical (unpaired) electrons. The highest BCUT2D eigenvalue weighted by Gasteiger charge is 2.58. The van der Waals surface area contributed by atoms with E-state index in [1.807, 2.05) is 0 Å². The lowest BCUT2D eigenvalue weighted by atomic mass is 9.94. The summed E-state index contributed by atoms with van der Waals surface area (Å²) in [5, 5.41) is 170. The van der Waals surface area contributed by atoms with E-state index in [9.17, 15) is 117 Å². The van der Waals surface area contributed by atoms with Gasteiger partial charge in [0.15, 0.2) is 37.7 Å². The van der Waals surface area contributed by atoms with Crippen molar-refractivity contribution in [2.24, 2.45) is 0 Å².